The third-order valence-electron chi connectivity index (χ3n) is 3.02. The first-order chi connectivity index (χ1) is 9.18. The lowest BCUT2D eigenvalue weighted by atomic mass is 10.1. The molecule has 0 unspecified atom stereocenters. The van der Waals surface area contributed by atoms with E-state index in [2.05, 4.69) is 0 Å². The number of fused-ring (bicyclic) bond motifs is 1. The van der Waals surface area contributed by atoms with Crippen LogP contribution in [0.4, 0.5) is 0 Å². The fourth-order valence-electron chi connectivity index (χ4n) is 2.04. The molecule has 0 fully saturated rings. The molecule has 19 heavy (non-hydrogen) atoms. The molecule has 2 heterocycles. The smallest absolute Gasteiger partial charge is 0.261 e. The molecule has 1 aromatic carbocycles. The third kappa shape index (κ3) is 1.88. The number of Topliss-reactive ketones (excluding diaryl/α,β-unsaturated/α-hetero) is 1. The fraction of sp³-hybridized carbons (Fsp3) is 0.0714. The number of carbonyl (C=O) groups excluding carboxylic acids is 3. The summed E-state index contributed by atoms with van der Waals surface area (Å²) in [7, 11) is 0. The average molecular weight is 271 g/mol. The van der Waals surface area contributed by atoms with E-state index in [0.717, 1.165) is 4.90 Å². The Morgan fingerprint density at radius 1 is 1.05 bits per heavy atom. The average Bonchev–Trinajstić information content (AvgIpc) is 3.03. The SMILES string of the molecule is O=C(CN1C(=O)c2ccccc2C1=O)c1ccsc1. The zero-order valence-electron chi connectivity index (χ0n) is 9.83. The lowest BCUT2D eigenvalue weighted by Crippen LogP contribution is -2.34. The van der Waals surface area contributed by atoms with Crippen LogP contribution in [0.2, 0.25) is 0 Å². The van der Waals surface area contributed by atoms with E-state index in [1.54, 1.807) is 41.1 Å². The highest BCUT2D eigenvalue weighted by atomic mass is 32.1. The summed E-state index contributed by atoms with van der Waals surface area (Å²) in [4.78, 5) is 37.1. The molecular weight excluding hydrogens is 262 g/mol. The number of imide groups is 1. The zero-order valence-corrected chi connectivity index (χ0v) is 10.6. The highest BCUT2D eigenvalue weighted by molar-refractivity contribution is 7.08. The molecule has 0 bridgehead atoms. The molecule has 94 valence electrons. The standard InChI is InChI=1S/C14H9NO3S/c16-12(9-5-6-19-8-9)7-15-13(17)10-3-1-2-4-11(10)14(15)18/h1-6,8H,7H2. The predicted octanol–water partition coefficient (Wildman–Crippen LogP) is 2.23. The van der Waals surface area contributed by atoms with Crippen LogP contribution >= 0.6 is 11.3 Å². The summed E-state index contributed by atoms with van der Waals surface area (Å²) in [5, 5.41) is 3.50. The van der Waals surface area contributed by atoms with Crippen LogP contribution in [0.3, 0.4) is 0 Å². The van der Waals surface area contributed by atoms with Crippen molar-refractivity contribution in [3.63, 3.8) is 0 Å². The molecular formula is C14H9NO3S. The summed E-state index contributed by atoms with van der Waals surface area (Å²) in [6, 6.07) is 8.29. The van der Waals surface area contributed by atoms with E-state index in [1.807, 2.05) is 0 Å². The van der Waals surface area contributed by atoms with Crippen LogP contribution in [0.15, 0.2) is 41.1 Å². The van der Waals surface area contributed by atoms with E-state index in [-0.39, 0.29) is 12.3 Å². The Kier molecular flexibility index (Phi) is 2.76. The number of amides is 2. The Labute approximate surface area is 113 Å². The van der Waals surface area contributed by atoms with Crippen LogP contribution in [0, 0.1) is 0 Å². The Balaban J connectivity index is 1.87. The summed E-state index contributed by atoms with van der Waals surface area (Å²) in [6.07, 6.45) is 0. The number of thiophene rings is 1. The number of benzene rings is 1. The molecule has 0 N–H and O–H groups in total. The lowest BCUT2D eigenvalue weighted by Gasteiger charge is -2.11. The number of hydrogen-bond acceptors (Lipinski definition) is 4. The van der Waals surface area contributed by atoms with Crippen molar-refractivity contribution >= 4 is 28.9 Å². The second-order valence-corrected chi connectivity index (χ2v) is 4.96. The summed E-state index contributed by atoms with van der Waals surface area (Å²) < 4.78 is 0. The summed E-state index contributed by atoms with van der Waals surface area (Å²) in [5.41, 5.74) is 1.26. The lowest BCUT2D eigenvalue weighted by molar-refractivity contribution is 0.0624. The van der Waals surface area contributed by atoms with E-state index in [0.29, 0.717) is 16.7 Å². The van der Waals surface area contributed by atoms with Gasteiger partial charge < -0.3 is 0 Å². The van der Waals surface area contributed by atoms with Gasteiger partial charge in [0.25, 0.3) is 11.8 Å². The second-order valence-electron chi connectivity index (χ2n) is 4.18. The van der Waals surface area contributed by atoms with Crippen molar-refractivity contribution in [3.05, 3.63) is 57.8 Å². The minimum absolute atomic E-state index is 0.205. The monoisotopic (exact) mass is 271 g/mol. The quantitative estimate of drug-likeness (QED) is 0.635. The van der Waals surface area contributed by atoms with Gasteiger partial charge in [0.2, 0.25) is 0 Å². The first-order valence-corrected chi connectivity index (χ1v) is 6.63. The first-order valence-electron chi connectivity index (χ1n) is 5.69. The van der Waals surface area contributed by atoms with Crippen LogP contribution in [0.25, 0.3) is 0 Å². The van der Waals surface area contributed by atoms with Gasteiger partial charge in [0.1, 0.15) is 0 Å². The number of nitrogens with zero attached hydrogens (tertiary/aromatic N) is 1. The van der Waals surface area contributed by atoms with Crippen LogP contribution in [-0.4, -0.2) is 29.0 Å². The molecule has 0 saturated heterocycles. The molecule has 0 aliphatic carbocycles. The van der Waals surface area contributed by atoms with Gasteiger partial charge >= 0.3 is 0 Å². The van der Waals surface area contributed by atoms with E-state index in [4.69, 9.17) is 0 Å². The van der Waals surface area contributed by atoms with E-state index < -0.39 is 11.8 Å². The molecule has 2 amide bonds. The fourth-order valence-corrected chi connectivity index (χ4v) is 2.70. The molecule has 1 aromatic heterocycles. The molecule has 0 saturated carbocycles. The van der Waals surface area contributed by atoms with Gasteiger partial charge in [0.15, 0.2) is 5.78 Å². The zero-order chi connectivity index (χ0) is 13.4. The maximum Gasteiger partial charge on any atom is 0.261 e. The van der Waals surface area contributed by atoms with E-state index in [1.165, 1.54) is 11.3 Å². The van der Waals surface area contributed by atoms with Crippen molar-refractivity contribution in [1.82, 2.24) is 4.90 Å². The number of carbonyl (C=O) groups is 3. The van der Waals surface area contributed by atoms with Gasteiger partial charge in [0.05, 0.1) is 17.7 Å². The Bertz CT molecular complexity index is 641. The predicted molar refractivity (Wildman–Crippen MR) is 70.5 cm³/mol. The van der Waals surface area contributed by atoms with Crippen molar-refractivity contribution in [2.75, 3.05) is 6.54 Å². The van der Waals surface area contributed by atoms with Crippen LogP contribution in [0.5, 0.6) is 0 Å². The molecule has 0 radical (unpaired) electrons. The minimum Gasteiger partial charge on any atom is -0.292 e. The third-order valence-corrected chi connectivity index (χ3v) is 3.71. The summed E-state index contributed by atoms with van der Waals surface area (Å²) >= 11 is 1.41. The topological polar surface area (TPSA) is 54.5 Å². The highest BCUT2D eigenvalue weighted by Crippen LogP contribution is 2.22. The second kappa shape index (κ2) is 4.44. The molecule has 4 nitrogen and oxygen atoms in total. The van der Waals surface area contributed by atoms with Gasteiger partial charge in [-0.2, -0.15) is 11.3 Å². The number of hydrogen-bond donors (Lipinski definition) is 0. The van der Waals surface area contributed by atoms with Gasteiger partial charge in [-0.25, -0.2) is 0 Å². The van der Waals surface area contributed by atoms with Crippen molar-refractivity contribution in [1.29, 1.82) is 0 Å². The van der Waals surface area contributed by atoms with E-state index in [9.17, 15) is 14.4 Å². The van der Waals surface area contributed by atoms with Crippen LogP contribution in [0.1, 0.15) is 31.1 Å². The molecule has 0 atom stereocenters. The molecule has 3 rings (SSSR count). The van der Waals surface area contributed by atoms with Gasteiger partial charge in [0, 0.05) is 10.9 Å². The van der Waals surface area contributed by atoms with Gasteiger partial charge in [-0.1, -0.05) is 12.1 Å². The number of ketones is 1. The first kappa shape index (κ1) is 11.8. The van der Waals surface area contributed by atoms with Crippen molar-refractivity contribution in [2.45, 2.75) is 0 Å². The highest BCUT2D eigenvalue weighted by Gasteiger charge is 2.36. The molecule has 1 aliphatic rings. The molecule has 5 heteroatoms. The Morgan fingerprint density at radius 2 is 1.68 bits per heavy atom. The van der Waals surface area contributed by atoms with Gasteiger partial charge in [-0.05, 0) is 23.6 Å². The van der Waals surface area contributed by atoms with Gasteiger partial charge in [-0.3, -0.25) is 19.3 Å². The number of rotatable bonds is 3. The van der Waals surface area contributed by atoms with Crippen molar-refractivity contribution < 1.29 is 14.4 Å². The maximum atomic E-state index is 12.1. The van der Waals surface area contributed by atoms with Gasteiger partial charge in [-0.15, -0.1) is 0 Å². The normalized spacial score (nSPS) is 13.8. The Hall–Kier alpha value is -2.27. The molecule has 1 aliphatic heterocycles. The summed E-state index contributed by atoms with van der Waals surface area (Å²) in [6.45, 7) is -0.205. The van der Waals surface area contributed by atoms with Crippen molar-refractivity contribution in [2.24, 2.45) is 0 Å². The Morgan fingerprint density at radius 3 is 2.21 bits per heavy atom. The van der Waals surface area contributed by atoms with E-state index >= 15 is 0 Å². The maximum absolute atomic E-state index is 12.1. The molecule has 0 spiro atoms. The molecule has 2 aromatic rings. The van der Waals surface area contributed by atoms with Crippen LogP contribution in [-0.2, 0) is 0 Å². The van der Waals surface area contributed by atoms with Crippen LogP contribution < -0.4 is 0 Å². The summed E-state index contributed by atoms with van der Waals surface area (Å²) in [5.74, 6) is -1.02. The van der Waals surface area contributed by atoms with Crippen molar-refractivity contribution in [3.8, 4) is 0 Å². The largest absolute Gasteiger partial charge is 0.292 e. The minimum atomic E-state index is -0.399.